The highest BCUT2D eigenvalue weighted by Gasteiger charge is 2.34. The number of halogens is 1. The van der Waals surface area contributed by atoms with Crippen LogP contribution < -0.4 is 10.2 Å². The van der Waals surface area contributed by atoms with Crippen LogP contribution in [0.5, 0.6) is 0 Å². The number of piperidine rings is 1. The van der Waals surface area contributed by atoms with Gasteiger partial charge in [-0.2, -0.15) is 4.99 Å². The first-order chi connectivity index (χ1) is 21.2. The Bertz CT molecular complexity index is 1360. The van der Waals surface area contributed by atoms with Crippen LogP contribution in [-0.4, -0.2) is 58.8 Å². The number of likely N-dealkylation sites (tertiary alicyclic amines) is 1. The van der Waals surface area contributed by atoms with E-state index in [1.807, 2.05) is 13.8 Å². The molecule has 2 aliphatic heterocycles. The quantitative estimate of drug-likeness (QED) is 0.385. The van der Waals surface area contributed by atoms with E-state index in [9.17, 15) is 23.9 Å². The molecule has 0 aromatic heterocycles. The number of carboxylic acid groups (broad SMARTS) is 1. The van der Waals surface area contributed by atoms with Gasteiger partial charge in [0.2, 0.25) is 5.91 Å². The van der Waals surface area contributed by atoms with Gasteiger partial charge in [-0.3, -0.25) is 19.3 Å². The van der Waals surface area contributed by atoms with Crippen LogP contribution in [0.4, 0.5) is 10.1 Å². The Kier molecular flexibility index (Phi) is 10.5. The number of hydrogen-bond donors (Lipinski definition) is 2. The van der Waals surface area contributed by atoms with Gasteiger partial charge in [0.15, 0.2) is 0 Å². The van der Waals surface area contributed by atoms with Crippen LogP contribution in [0.1, 0.15) is 93.1 Å². The number of rotatable bonds is 8. The Morgan fingerprint density at radius 2 is 1.68 bits per heavy atom. The Morgan fingerprint density at radius 1 is 0.977 bits per heavy atom. The van der Waals surface area contributed by atoms with E-state index in [1.54, 1.807) is 0 Å². The van der Waals surface area contributed by atoms with E-state index in [-0.39, 0.29) is 42.2 Å². The van der Waals surface area contributed by atoms with Gasteiger partial charge in [0.25, 0.3) is 5.91 Å². The summed E-state index contributed by atoms with van der Waals surface area (Å²) in [6.45, 7) is 6.49. The van der Waals surface area contributed by atoms with Crippen LogP contribution in [-0.2, 0) is 22.6 Å². The summed E-state index contributed by atoms with van der Waals surface area (Å²) in [4.78, 5) is 46.6. The van der Waals surface area contributed by atoms with Gasteiger partial charge in [-0.15, -0.1) is 0 Å². The number of carboxylic acids is 1. The van der Waals surface area contributed by atoms with Crippen LogP contribution in [0.3, 0.4) is 0 Å². The van der Waals surface area contributed by atoms with Gasteiger partial charge in [0, 0.05) is 48.6 Å². The second-order valence-electron chi connectivity index (χ2n) is 13.0. The number of nitrogens with one attached hydrogen (secondary N) is 1. The molecule has 0 spiro atoms. The maximum atomic E-state index is 13.6. The molecule has 44 heavy (non-hydrogen) atoms. The highest BCUT2D eigenvalue weighted by molar-refractivity contribution is 6.09. The molecule has 2 aromatic rings. The number of carbonyl (C=O) groups excluding carboxylic acids is 2. The van der Waals surface area contributed by atoms with Crippen molar-refractivity contribution in [1.82, 2.24) is 10.2 Å². The number of amides is 2. The minimum atomic E-state index is -0.723. The van der Waals surface area contributed by atoms with Gasteiger partial charge in [0.05, 0.1) is 0 Å². The van der Waals surface area contributed by atoms with Crippen LogP contribution in [0.15, 0.2) is 47.5 Å². The monoisotopic (exact) mass is 604 g/mol. The maximum absolute atomic E-state index is 13.6. The fraction of sp³-hybridized carbons (Fsp3) is 0.543. The lowest BCUT2D eigenvalue weighted by Crippen LogP contribution is -2.45. The minimum absolute atomic E-state index is 0.0169. The summed E-state index contributed by atoms with van der Waals surface area (Å²) < 4.78 is 13.6. The van der Waals surface area contributed by atoms with Crippen molar-refractivity contribution in [3.63, 3.8) is 0 Å². The smallest absolute Gasteiger partial charge is 0.303 e. The number of carbonyl (C=O) groups is 3. The zero-order chi connectivity index (χ0) is 31.2. The Morgan fingerprint density at radius 3 is 2.34 bits per heavy atom. The molecule has 2 aromatic carbocycles. The van der Waals surface area contributed by atoms with Crippen LogP contribution in [0, 0.1) is 17.7 Å². The Hall–Kier alpha value is -3.59. The number of aliphatic imine (C=N–C) groups is 1. The number of nitrogens with zero attached hydrogens (tertiary/aromatic N) is 3. The summed E-state index contributed by atoms with van der Waals surface area (Å²) in [5.74, 6) is -0.420. The summed E-state index contributed by atoms with van der Waals surface area (Å²) in [6.07, 6.45) is 7.60. The molecule has 8 nitrogen and oxygen atoms in total. The Balaban J connectivity index is 1.41. The van der Waals surface area contributed by atoms with Crippen molar-refractivity contribution in [2.75, 3.05) is 18.0 Å². The van der Waals surface area contributed by atoms with Gasteiger partial charge < -0.3 is 15.3 Å². The third kappa shape index (κ3) is 8.11. The molecule has 9 heteroatoms. The molecule has 236 valence electrons. The highest BCUT2D eigenvalue weighted by Crippen LogP contribution is 2.37. The zero-order valence-electron chi connectivity index (χ0n) is 25.9. The predicted molar refractivity (Wildman–Crippen MR) is 169 cm³/mol. The second kappa shape index (κ2) is 14.5. The molecule has 1 saturated heterocycles. The molecule has 0 unspecified atom stereocenters. The zero-order valence-corrected chi connectivity index (χ0v) is 25.9. The fourth-order valence-corrected chi connectivity index (χ4v) is 6.98. The largest absolute Gasteiger partial charge is 0.481 e. The van der Waals surface area contributed by atoms with E-state index < -0.39 is 11.8 Å². The standard InChI is InChI=1S/C35H45FN4O4/c1-23(2)37-34(43)28-10-14-30(15-11-28)40-31-20-25(22-39-18-16-24(17-19-39)21-33(41)42)6-7-26(31)4-3-5-32(40)38-35(44)27-8-12-29(36)13-9-27/h6-9,12-13,20,23-24,28,30H,3-5,10-11,14-19,21-22H2,1-2H3,(H,37,43)(H,41,42). The van der Waals surface area contributed by atoms with Gasteiger partial charge >= 0.3 is 5.97 Å². The van der Waals surface area contributed by atoms with E-state index >= 15 is 0 Å². The first-order valence-corrected chi connectivity index (χ1v) is 16.2. The van der Waals surface area contributed by atoms with Crippen LogP contribution in [0.25, 0.3) is 0 Å². The van der Waals surface area contributed by atoms with Gasteiger partial charge in [-0.1, -0.05) is 12.1 Å². The number of aryl methyl sites for hydroxylation is 1. The summed E-state index contributed by atoms with van der Waals surface area (Å²) in [6, 6.07) is 12.4. The van der Waals surface area contributed by atoms with Crippen molar-refractivity contribution in [3.05, 3.63) is 65.0 Å². The molecule has 2 heterocycles. The number of anilines is 1. The number of benzene rings is 2. The molecule has 0 atom stereocenters. The molecule has 0 bridgehead atoms. The van der Waals surface area contributed by atoms with Crippen molar-refractivity contribution in [2.24, 2.45) is 16.8 Å². The third-order valence-electron chi connectivity index (χ3n) is 9.30. The van der Waals surface area contributed by atoms with Crippen molar-refractivity contribution in [2.45, 2.75) is 96.7 Å². The van der Waals surface area contributed by atoms with E-state index in [4.69, 9.17) is 0 Å². The summed E-state index contributed by atoms with van der Waals surface area (Å²) >= 11 is 0. The molecular formula is C35H45FN4O4. The summed E-state index contributed by atoms with van der Waals surface area (Å²) in [5, 5.41) is 12.2. The van der Waals surface area contributed by atoms with E-state index in [2.05, 4.69) is 38.3 Å². The number of fused-ring (bicyclic) bond motifs is 1. The lowest BCUT2D eigenvalue weighted by atomic mass is 9.84. The first kappa shape index (κ1) is 31.8. The van der Waals surface area contributed by atoms with Crippen molar-refractivity contribution < 1.29 is 23.9 Å². The number of aliphatic carboxylic acids is 1. The van der Waals surface area contributed by atoms with Gasteiger partial charge in [0.1, 0.15) is 11.7 Å². The highest BCUT2D eigenvalue weighted by atomic mass is 19.1. The van der Waals surface area contributed by atoms with Crippen LogP contribution >= 0.6 is 0 Å². The number of amidine groups is 1. The fourth-order valence-electron chi connectivity index (χ4n) is 6.98. The molecule has 1 aliphatic carbocycles. The third-order valence-corrected chi connectivity index (χ3v) is 9.30. The molecule has 0 radical (unpaired) electrons. The van der Waals surface area contributed by atoms with E-state index in [0.29, 0.717) is 12.0 Å². The maximum Gasteiger partial charge on any atom is 0.303 e. The second-order valence-corrected chi connectivity index (χ2v) is 13.0. The molecule has 2 amide bonds. The van der Waals surface area contributed by atoms with Gasteiger partial charge in [-0.25, -0.2) is 4.39 Å². The predicted octanol–water partition coefficient (Wildman–Crippen LogP) is 5.98. The molecule has 2 fully saturated rings. The average molecular weight is 605 g/mol. The van der Waals surface area contributed by atoms with Crippen LogP contribution in [0.2, 0.25) is 0 Å². The Labute approximate surface area is 259 Å². The van der Waals surface area contributed by atoms with Gasteiger partial charge in [-0.05, 0) is 126 Å². The molecule has 1 saturated carbocycles. The van der Waals surface area contributed by atoms with Crippen molar-refractivity contribution >= 4 is 29.3 Å². The molecule has 2 N–H and O–H groups in total. The number of hydrogen-bond acceptors (Lipinski definition) is 4. The average Bonchev–Trinajstić information content (AvgIpc) is 3.16. The molecule has 5 rings (SSSR count). The van der Waals surface area contributed by atoms with E-state index in [0.717, 1.165) is 82.5 Å². The lowest BCUT2D eigenvalue weighted by Gasteiger charge is -2.39. The van der Waals surface area contributed by atoms with Crippen molar-refractivity contribution in [3.8, 4) is 0 Å². The summed E-state index contributed by atoms with van der Waals surface area (Å²) in [5.41, 5.74) is 3.86. The SMILES string of the molecule is CC(C)NC(=O)C1CCC(N2C(=NC(=O)c3ccc(F)cc3)CCCc3ccc(CN4CCC(CC(=O)O)CC4)cc32)CC1. The van der Waals surface area contributed by atoms with Crippen molar-refractivity contribution in [1.29, 1.82) is 0 Å². The summed E-state index contributed by atoms with van der Waals surface area (Å²) in [7, 11) is 0. The normalized spacial score (nSPS) is 22.5. The topological polar surface area (TPSA) is 102 Å². The van der Waals surface area contributed by atoms with E-state index in [1.165, 1.54) is 35.4 Å². The lowest BCUT2D eigenvalue weighted by molar-refractivity contribution is -0.138. The minimum Gasteiger partial charge on any atom is -0.481 e. The molecule has 3 aliphatic rings. The molecular weight excluding hydrogens is 559 g/mol. The first-order valence-electron chi connectivity index (χ1n) is 16.2.